The second-order valence-corrected chi connectivity index (χ2v) is 35.3. The van der Waals surface area contributed by atoms with E-state index in [2.05, 4.69) is 504 Å². The van der Waals surface area contributed by atoms with Crippen LogP contribution in [0.4, 0.5) is 0 Å². The van der Waals surface area contributed by atoms with Crippen molar-refractivity contribution >= 4 is 141 Å². The van der Waals surface area contributed by atoms with E-state index in [0.717, 1.165) is 55.0 Å². The van der Waals surface area contributed by atoms with Crippen molar-refractivity contribution in [2.75, 3.05) is 0 Å². The molecule has 2 aromatic heterocycles. The Morgan fingerprint density at radius 2 is 0.351 bits per heavy atom. The quantitative estimate of drug-likeness (QED) is 0.121. The molecule has 624 valence electrons. The summed E-state index contributed by atoms with van der Waals surface area (Å²) in [6, 6.07) is 185. The van der Waals surface area contributed by atoms with Crippen molar-refractivity contribution in [3.8, 4) is 122 Å². The Kier molecular flexibility index (Phi) is 19.7. The summed E-state index contributed by atoms with van der Waals surface area (Å²) in [5.41, 5.74) is 30.3. The molecule has 2 heteroatoms. The molecular weight excluding hydrogens is 1620 g/mol. The first kappa shape index (κ1) is 78.7. The Hall–Kier alpha value is -17.6. The van der Waals surface area contributed by atoms with E-state index >= 15 is 0 Å². The Morgan fingerprint density at radius 1 is 0.0896 bits per heavy atom. The van der Waals surface area contributed by atoms with Gasteiger partial charge in [-0.3, -0.25) is 0 Å². The molecule has 0 spiro atoms. The standard InChI is InChI=1S/C50H32.C42H26O2.C40H26/c1-3-10-39-30-41(26-20-33(39)8-1)35-16-22-37(23-17-35)43-14-7-15-46-47(43)28-29-48-44-12-5-6-13-45(44)49(32-50(46)48)38-24-18-36(19-25-38)42-27-21-34-9-2-4-11-40(34)31-42;1-3-9-27(10-4-1)29-13-7-15-31(21-29)33-17-19-39-35(23-33)37-25-38-36-24-34(18-20-40(36)44-42(38)26-41(37)43-39)32-16-8-14-30(22-32)28-11-5-2-6-12-28;1-2-9-28-22-31(17-16-27(28)8-1)33-21-20-32-23-30(18-19-34(32)24-33)29-11-7-12-35(25-29)40-26-36-10-3-4-13-37(36)38-14-5-6-15-39(38)40/h1-32H;1-26H;1-26H. The average molecular weight is 1700 g/mol. The maximum Gasteiger partial charge on any atom is 0.139 e. The molecule has 0 radical (unpaired) electrons. The Balaban J connectivity index is 0.000000108. The van der Waals surface area contributed by atoms with E-state index in [1.807, 2.05) is 6.07 Å². The first-order chi connectivity index (χ1) is 66.3. The zero-order valence-corrected chi connectivity index (χ0v) is 73.3. The van der Waals surface area contributed by atoms with E-state index in [1.165, 1.54) is 208 Å². The fourth-order valence-electron chi connectivity index (χ4n) is 20.4. The summed E-state index contributed by atoms with van der Waals surface area (Å²) in [6.45, 7) is 0. The molecule has 0 amide bonds. The van der Waals surface area contributed by atoms with Crippen molar-refractivity contribution in [1.29, 1.82) is 0 Å². The summed E-state index contributed by atoms with van der Waals surface area (Å²) >= 11 is 0. The van der Waals surface area contributed by atoms with Crippen LogP contribution >= 0.6 is 0 Å². The van der Waals surface area contributed by atoms with Crippen molar-refractivity contribution in [3.05, 3.63) is 510 Å². The maximum absolute atomic E-state index is 6.33. The van der Waals surface area contributed by atoms with Crippen LogP contribution in [0.25, 0.3) is 263 Å². The lowest BCUT2D eigenvalue weighted by Crippen LogP contribution is -1.88. The lowest BCUT2D eigenvalue weighted by atomic mass is 9.88. The van der Waals surface area contributed by atoms with Gasteiger partial charge in [-0.15, -0.1) is 0 Å². The molecule has 0 bridgehead atoms. The maximum atomic E-state index is 6.33. The van der Waals surface area contributed by atoms with Gasteiger partial charge in [0.1, 0.15) is 22.3 Å². The molecular formula is C132H84O2. The highest BCUT2D eigenvalue weighted by molar-refractivity contribution is 6.23. The van der Waals surface area contributed by atoms with Crippen molar-refractivity contribution in [2.24, 2.45) is 0 Å². The molecule has 27 aromatic rings. The normalized spacial score (nSPS) is 11.6. The van der Waals surface area contributed by atoms with Gasteiger partial charge in [-0.05, 0) is 310 Å². The molecule has 0 atom stereocenters. The third kappa shape index (κ3) is 14.7. The number of furan rings is 2. The highest BCUT2D eigenvalue weighted by atomic mass is 16.3. The number of rotatable bonds is 11. The second kappa shape index (κ2) is 33.5. The van der Waals surface area contributed by atoms with Crippen LogP contribution in [0, 0.1) is 0 Å². The molecule has 0 unspecified atom stereocenters. The third-order valence-electron chi connectivity index (χ3n) is 27.3. The summed E-state index contributed by atoms with van der Waals surface area (Å²) in [6.07, 6.45) is 0. The molecule has 27 rings (SSSR count). The largest absolute Gasteiger partial charge is 0.456 e. The van der Waals surface area contributed by atoms with Crippen molar-refractivity contribution in [2.45, 2.75) is 0 Å². The van der Waals surface area contributed by atoms with E-state index < -0.39 is 0 Å². The molecule has 0 saturated carbocycles. The SMILES string of the molecule is c1cc(-c2ccc3cc(-c4ccc5ccccc5c4)ccc3c2)cc(-c2cc3ccccc3c3ccccc23)c1.c1ccc(-c2cccc(-c3ccc4oc5cc6oc7ccc(-c8cccc(-c9ccccc9)c8)cc7c6cc5c4c3)c2)cc1.c1ccc2cc(-c3ccc(-c4cc5c6cccc(-c7ccc(-c8ccc9ccccc9c8)cc7)c6ccc5c5ccccc45)cc3)ccc2c1. The molecule has 0 fully saturated rings. The van der Waals surface area contributed by atoms with Gasteiger partial charge in [0.15, 0.2) is 0 Å². The zero-order valence-electron chi connectivity index (χ0n) is 73.3. The highest BCUT2D eigenvalue weighted by Crippen LogP contribution is 2.46. The van der Waals surface area contributed by atoms with Gasteiger partial charge in [0.2, 0.25) is 0 Å². The van der Waals surface area contributed by atoms with Gasteiger partial charge in [0.05, 0.1) is 0 Å². The summed E-state index contributed by atoms with van der Waals surface area (Å²) in [4.78, 5) is 0. The van der Waals surface area contributed by atoms with E-state index in [9.17, 15) is 0 Å². The van der Waals surface area contributed by atoms with Crippen LogP contribution in [0.5, 0.6) is 0 Å². The fourth-order valence-corrected chi connectivity index (χ4v) is 20.4. The minimum absolute atomic E-state index is 0.831. The Morgan fingerprint density at radius 3 is 0.828 bits per heavy atom. The minimum Gasteiger partial charge on any atom is -0.456 e. The van der Waals surface area contributed by atoms with Gasteiger partial charge in [-0.25, -0.2) is 0 Å². The highest BCUT2D eigenvalue weighted by Gasteiger charge is 2.20. The van der Waals surface area contributed by atoms with Gasteiger partial charge >= 0.3 is 0 Å². The van der Waals surface area contributed by atoms with Gasteiger partial charge in [-0.1, -0.05) is 413 Å². The van der Waals surface area contributed by atoms with Crippen LogP contribution < -0.4 is 0 Å². The minimum atomic E-state index is 0.831. The van der Waals surface area contributed by atoms with Crippen LogP contribution in [-0.4, -0.2) is 0 Å². The van der Waals surface area contributed by atoms with Crippen LogP contribution in [0.3, 0.4) is 0 Å². The van der Waals surface area contributed by atoms with Gasteiger partial charge in [0, 0.05) is 27.6 Å². The molecule has 2 heterocycles. The first-order valence-electron chi connectivity index (χ1n) is 46.1. The fraction of sp³-hybridized carbons (Fsp3) is 0. The topological polar surface area (TPSA) is 26.3 Å². The second-order valence-electron chi connectivity index (χ2n) is 35.3. The van der Waals surface area contributed by atoms with Gasteiger partial charge in [0.25, 0.3) is 0 Å². The molecule has 134 heavy (non-hydrogen) atoms. The number of hydrogen-bond acceptors (Lipinski definition) is 2. The molecule has 0 N–H and O–H groups in total. The van der Waals surface area contributed by atoms with Crippen LogP contribution in [0.1, 0.15) is 0 Å². The van der Waals surface area contributed by atoms with E-state index in [1.54, 1.807) is 0 Å². The number of benzene rings is 25. The lowest BCUT2D eigenvalue weighted by molar-refractivity contribution is 0.656. The lowest BCUT2D eigenvalue weighted by Gasteiger charge is -2.15. The van der Waals surface area contributed by atoms with Crippen LogP contribution in [0.2, 0.25) is 0 Å². The van der Waals surface area contributed by atoms with Gasteiger partial charge in [-0.2, -0.15) is 0 Å². The van der Waals surface area contributed by atoms with Crippen LogP contribution in [0.15, 0.2) is 518 Å². The summed E-state index contributed by atoms with van der Waals surface area (Å²) in [5, 5.41) is 27.3. The monoisotopic (exact) mass is 1700 g/mol. The van der Waals surface area contributed by atoms with Crippen molar-refractivity contribution in [3.63, 3.8) is 0 Å². The van der Waals surface area contributed by atoms with Gasteiger partial charge < -0.3 is 8.83 Å². The first-order valence-corrected chi connectivity index (χ1v) is 46.1. The molecule has 0 saturated heterocycles. The zero-order chi connectivity index (χ0) is 88.5. The Bertz CT molecular complexity index is 9120. The Labute approximate surface area is 776 Å². The molecule has 0 aliphatic carbocycles. The summed E-state index contributed by atoms with van der Waals surface area (Å²) in [5.74, 6) is 0. The number of hydrogen-bond donors (Lipinski definition) is 0. The molecule has 2 nitrogen and oxygen atoms in total. The molecule has 0 aliphatic rings. The molecule has 25 aromatic carbocycles. The number of fused-ring (bicyclic) bond motifs is 18. The smallest absolute Gasteiger partial charge is 0.139 e. The van der Waals surface area contributed by atoms with Crippen molar-refractivity contribution in [1.82, 2.24) is 0 Å². The van der Waals surface area contributed by atoms with Crippen molar-refractivity contribution < 1.29 is 8.83 Å². The summed E-state index contributed by atoms with van der Waals surface area (Å²) in [7, 11) is 0. The predicted molar refractivity (Wildman–Crippen MR) is 571 cm³/mol. The predicted octanol–water partition coefficient (Wildman–Crippen LogP) is 37.6. The third-order valence-corrected chi connectivity index (χ3v) is 27.3. The van der Waals surface area contributed by atoms with Crippen LogP contribution in [-0.2, 0) is 0 Å². The van der Waals surface area contributed by atoms with E-state index in [-0.39, 0.29) is 0 Å². The summed E-state index contributed by atoms with van der Waals surface area (Å²) < 4.78 is 12.7. The average Bonchev–Trinajstić information content (AvgIpc) is 1.38. The van der Waals surface area contributed by atoms with E-state index in [4.69, 9.17) is 8.83 Å². The molecule has 0 aliphatic heterocycles. The van der Waals surface area contributed by atoms with E-state index in [0.29, 0.717) is 0 Å².